The highest BCUT2D eigenvalue weighted by Gasteiger charge is 2.37. The summed E-state index contributed by atoms with van der Waals surface area (Å²) in [5, 5.41) is 17.8. The number of likely N-dealkylation sites (N-methyl/N-ethyl adjacent to an activating group) is 2. The summed E-state index contributed by atoms with van der Waals surface area (Å²) in [6, 6.07) is 7.50. The smallest absolute Gasteiger partial charge is 0.311 e. The number of aliphatic hydroxyl groups excluding tert-OH is 1. The second-order valence-electron chi connectivity index (χ2n) is 14.4. The van der Waals surface area contributed by atoms with Gasteiger partial charge in [-0.3, -0.25) is 28.9 Å². The van der Waals surface area contributed by atoms with Crippen molar-refractivity contribution >= 4 is 41.0 Å². The van der Waals surface area contributed by atoms with Gasteiger partial charge in [0.05, 0.1) is 25.7 Å². The Morgan fingerprint density at radius 1 is 1.04 bits per heavy atom. The third-order valence-electron chi connectivity index (χ3n) is 9.70. The minimum atomic E-state index is -0.854. The first-order chi connectivity index (χ1) is 24.7. The Hall–Kier alpha value is -3.88. The number of aromatic nitrogens is 1. The number of aliphatic hydroxyl groups is 1. The number of hydrogen-bond donors (Lipinski definition) is 3. The van der Waals surface area contributed by atoms with Gasteiger partial charge >= 0.3 is 11.9 Å². The SMILES string of the molecule is COC(=O)[C@@H](CO)C[C@H](Cc1ccccc1)NC(=O)c1csc([C@@H](CC(C(C)C)N(C)C(=O)[C@@H](NC(=O)[C@H]2CCCCN2C)C(C)C)OC(C)=O)n1. The summed E-state index contributed by atoms with van der Waals surface area (Å²) in [4.78, 5) is 73.8. The molecule has 0 saturated carbocycles. The molecular formula is C38H57N5O8S. The highest BCUT2D eigenvalue weighted by Crippen LogP contribution is 2.31. The van der Waals surface area contributed by atoms with Gasteiger partial charge in [0.1, 0.15) is 16.7 Å². The van der Waals surface area contributed by atoms with Crippen LogP contribution in [0.15, 0.2) is 35.7 Å². The van der Waals surface area contributed by atoms with Crippen LogP contribution in [0.4, 0.5) is 0 Å². The number of methoxy groups -OCH3 is 1. The number of likely N-dealkylation sites (tertiary alicyclic amines) is 1. The Bertz CT molecular complexity index is 1480. The van der Waals surface area contributed by atoms with E-state index in [0.29, 0.717) is 11.4 Å². The minimum absolute atomic E-state index is 0.0595. The van der Waals surface area contributed by atoms with Crippen LogP contribution in [0.2, 0.25) is 0 Å². The number of carbonyl (C=O) groups excluding carboxylic acids is 5. The van der Waals surface area contributed by atoms with Crippen LogP contribution in [0.1, 0.15) is 93.9 Å². The Kier molecular flexibility index (Phi) is 16.7. The average Bonchev–Trinajstić information content (AvgIpc) is 3.61. The van der Waals surface area contributed by atoms with Crippen LogP contribution in [0.5, 0.6) is 0 Å². The molecular weight excluding hydrogens is 687 g/mol. The number of hydrogen-bond acceptors (Lipinski definition) is 11. The highest BCUT2D eigenvalue weighted by atomic mass is 32.1. The number of piperidine rings is 1. The second-order valence-corrected chi connectivity index (χ2v) is 15.3. The molecule has 1 fully saturated rings. The Labute approximate surface area is 311 Å². The zero-order valence-electron chi connectivity index (χ0n) is 31.8. The van der Waals surface area contributed by atoms with Gasteiger partial charge in [-0.2, -0.15) is 0 Å². The summed E-state index contributed by atoms with van der Waals surface area (Å²) in [5.74, 6) is -3.05. The van der Waals surface area contributed by atoms with E-state index >= 15 is 0 Å². The molecule has 2 aromatic rings. The fraction of sp³-hybridized carbons (Fsp3) is 0.632. The van der Waals surface area contributed by atoms with E-state index in [1.165, 1.54) is 25.4 Å². The van der Waals surface area contributed by atoms with Crippen LogP contribution < -0.4 is 10.6 Å². The number of thiazole rings is 1. The summed E-state index contributed by atoms with van der Waals surface area (Å²) in [7, 11) is 4.88. The van der Waals surface area contributed by atoms with Gasteiger partial charge in [-0.15, -0.1) is 11.3 Å². The first-order valence-corrected chi connectivity index (χ1v) is 19.0. The average molecular weight is 744 g/mol. The van der Waals surface area contributed by atoms with E-state index in [4.69, 9.17) is 9.47 Å². The van der Waals surface area contributed by atoms with Gasteiger partial charge < -0.3 is 30.1 Å². The molecule has 52 heavy (non-hydrogen) atoms. The quantitative estimate of drug-likeness (QED) is 0.191. The molecule has 1 aromatic heterocycles. The van der Waals surface area contributed by atoms with Gasteiger partial charge in [0, 0.05) is 37.9 Å². The maximum Gasteiger partial charge on any atom is 0.311 e. The molecule has 1 aliphatic heterocycles. The Morgan fingerprint density at radius 3 is 2.31 bits per heavy atom. The van der Waals surface area contributed by atoms with E-state index in [1.807, 2.05) is 70.0 Å². The fourth-order valence-corrected chi connectivity index (χ4v) is 7.53. The van der Waals surface area contributed by atoms with Crippen molar-refractivity contribution in [2.24, 2.45) is 17.8 Å². The van der Waals surface area contributed by atoms with Crippen LogP contribution >= 0.6 is 11.3 Å². The van der Waals surface area contributed by atoms with E-state index < -0.39 is 54.6 Å². The van der Waals surface area contributed by atoms with E-state index in [2.05, 4.69) is 15.6 Å². The number of benzene rings is 1. The third-order valence-corrected chi connectivity index (χ3v) is 10.6. The molecule has 0 bridgehead atoms. The maximum atomic E-state index is 14.0. The molecule has 3 amide bonds. The highest BCUT2D eigenvalue weighted by molar-refractivity contribution is 7.09. The number of esters is 2. The van der Waals surface area contributed by atoms with E-state index in [9.17, 15) is 29.1 Å². The monoisotopic (exact) mass is 743 g/mol. The molecule has 2 heterocycles. The zero-order chi connectivity index (χ0) is 38.5. The number of carbonyl (C=O) groups is 5. The van der Waals surface area contributed by atoms with Crippen molar-refractivity contribution in [3.05, 3.63) is 52.0 Å². The van der Waals surface area contributed by atoms with Gasteiger partial charge in [-0.05, 0) is 56.7 Å². The molecule has 0 radical (unpaired) electrons. The lowest BCUT2D eigenvalue weighted by atomic mass is 9.94. The van der Waals surface area contributed by atoms with Crippen molar-refractivity contribution in [2.75, 3.05) is 34.4 Å². The number of amides is 3. The lowest BCUT2D eigenvalue weighted by Gasteiger charge is -2.37. The number of nitrogens with one attached hydrogen (secondary N) is 2. The predicted molar refractivity (Wildman–Crippen MR) is 198 cm³/mol. The topological polar surface area (TPSA) is 167 Å². The van der Waals surface area contributed by atoms with Gasteiger partial charge in [0.25, 0.3) is 5.91 Å². The van der Waals surface area contributed by atoms with E-state index in [-0.39, 0.29) is 48.2 Å². The standard InChI is InChI=1S/C38H57N5O8S/c1-23(2)31(43(7)37(48)33(24(3)4)41-35(47)30-16-12-13-17-42(30)6)20-32(51-25(5)45)36-40-29(22-52-36)34(46)39-28(18-26-14-10-9-11-15-26)19-27(21-44)38(49)50-8/h9-11,14-15,22-24,27-28,30-33,44H,12-13,16-21H2,1-8H3,(H,39,46)(H,41,47)/t27-,28+,30-,31?,32-,33+/m1/s1. The molecule has 3 rings (SSSR count). The first kappa shape index (κ1) is 42.5. The molecule has 14 heteroatoms. The fourth-order valence-electron chi connectivity index (χ4n) is 6.70. The van der Waals surface area contributed by atoms with Crippen LogP contribution in [-0.2, 0) is 35.1 Å². The molecule has 1 saturated heterocycles. The van der Waals surface area contributed by atoms with Crippen molar-refractivity contribution in [2.45, 2.75) is 103 Å². The van der Waals surface area contributed by atoms with Gasteiger partial charge in [-0.1, -0.05) is 64.4 Å². The zero-order valence-corrected chi connectivity index (χ0v) is 32.6. The van der Waals surface area contributed by atoms with Crippen molar-refractivity contribution in [1.82, 2.24) is 25.4 Å². The van der Waals surface area contributed by atoms with Crippen LogP contribution in [0.3, 0.4) is 0 Å². The molecule has 0 spiro atoms. The third kappa shape index (κ3) is 12.1. The lowest BCUT2D eigenvalue weighted by Crippen LogP contribution is -2.57. The molecule has 0 aliphatic carbocycles. The summed E-state index contributed by atoms with van der Waals surface area (Å²) in [5.41, 5.74) is 1.04. The molecule has 3 N–H and O–H groups in total. The minimum Gasteiger partial charge on any atom is -0.469 e. The van der Waals surface area contributed by atoms with E-state index in [0.717, 1.165) is 31.4 Å². The second kappa shape index (κ2) is 20.4. The molecule has 1 aliphatic rings. The van der Waals surface area contributed by atoms with Crippen molar-refractivity contribution in [3.63, 3.8) is 0 Å². The normalized spacial score (nSPS) is 17.8. The van der Waals surface area contributed by atoms with Gasteiger partial charge in [0.2, 0.25) is 11.8 Å². The van der Waals surface area contributed by atoms with Crippen molar-refractivity contribution in [3.8, 4) is 0 Å². The molecule has 6 atom stereocenters. The van der Waals surface area contributed by atoms with Crippen LogP contribution in [0.25, 0.3) is 0 Å². The van der Waals surface area contributed by atoms with Crippen molar-refractivity contribution < 1.29 is 38.6 Å². The molecule has 13 nitrogen and oxygen atoms in total. The first-order valence-electron chi connectivity index (χ1n) is 18.1. The summed E-state index contributed by atoms with van der Waals surface area (Å²) in [6.07, 6.45) is 2.65. The van der Waals surface area contributed by atoms with Crippen LogP contribution in [0, 0.1) is 17.8 Å². The summed E-state index contributed by atoms with van der Waals surface area (Å²) >= 11 is 1.17. The number of ether oxygens (including phenoxy) is 2. The number of nitrogens with zero attached hydrogens (tertiary/aromatic N) is 3. The Balaban J connectivity index is 1.81. The van der Waals surface area contributed by atoms with Crippen molar-refractivity contribution in [1.29, 1.82) is 0 Å². The summed E-state index contributed by atoms with van der Waals surface area (Å²) < 4.78 is 10.6. The number of rotatable bonds is 18. The Morgan fingerprint density at radius 2 is 1.73 bits per heavy atom. The maximum absolute atomic E-state index is 14.0. The predicted octanol–water partition coefficient (Wildman–Crippen LogP) is 3.76. The van der Waals surface area contributed by atoms with E-state index in [1.54, 1.807) is 17.3 Å². The lowest BCUT2D eigenvalue weighted by molar-refractivity contribution is -0.149. The molecule has 1 aromatic carbocycles. The summed E-state index contributed by atoms with van der Waals surface area (Å²) in [6.45, 7) is 9.45. The largest absolute Gasteiger partial charge is 0.469 e. The van der Waals surface area contributed by atoms with Gasteiger partial charge in [0.15, 0.2) is 6.10 Å². The van der Waals surface area contributed by atoms with Gasteiger partial charge in [-0.25, -0.2) is 4.98 Å². The van der Waals surface area contributed by atoms with Crippen LogP contribution in [-0.4, -0.2) is 108 Å². The molecule has 1 unspecified atom stereocenters. The molecule has 288 valence electrons.